The van der Waals surface area contributed by atoms with E-state index in [-0.39, 0.29) is 0 Å². The van der Waals surface area contributed by atoms with Crippen LogP contribution in [0.3, 0.4) is 0 Å². The van der Waals surface area contributed by atoms with Crippen molar-refractivity contribution < 1.29 is 0 Å². The van der Waals surface area contributed by atoms with E-state index in [0.29, 0.717) is 22.7 Å². The second-order valence-corrected chi connectivity index (χ2v) is 5.01. The second kappa shape index (κ2) is 8.17. The molecule has 1 aromatic rings. The van der Waals surface area contributed by atoms with Crippen LogP contribution in [0.5, 0.6) is 0 Å². The molecule has 3 N–H and O–H groups in total. The van der Waals surface area contributed by atoms with Gasteiger partial charge in [0.05, 0.1) is 0 Å². The minimum absolute atomic E-state index is 0.308. The SMILES string of the molecule is CCN(CC)CCCC(C)Nc1ncnc(N)c1Cl. The molecule has 0 aliphatic rings. The van der Waals surface area contributed by atoms with Gasteiger partial charge in [0.1, 0.15) is 17.2 Å². The van der Waals surface area contributed by atoms with Crippen LogP contribution in [0, 0.1) is 0 Å². The molecule has 1 aromatic heterocycles. The van der Waals surface area contributed by atoms with Crippen LogP contribution in [0.1, 0.15) is 33.6 Å². The van der Waals surface area contributed by atoms with E-state index in [1.165, 1.54) is 6.33 Å². The van der Waals surface area contributed by atoms with Gasteiger partial charge >= 0.3 is 0 Å². The Morgan fingerprint density at radius 2 is 2.05 bits per heavy atom. The van der Waals surface area contributed by atoms with Gasteiger partial charge in [-0.15, -0.1) is 0 Å². The van der Waals surface area contributed by atoms with E-state index in [9.17, 15) is 0 Å². The molecule has 0 spiro atoms. The molecule has 19 heavy (non-hydrogen) atoms. The molecule has 5 nitrogen and oxygen atoms in total. The third-order valence-electron chi connectivity index (χ3n) is 3.21. The Morgan fingerprint density at radius 3 is 2.68 bits per heavy atom. The molecule has 1 atom stereocenters. The Kier molecular flexibility index (Phi) is 6.87. The van der Waals surface area contributed by atoms with Gasteiger partial charge in [-0.05, 0) is 39.4 Å². The first-order chi connectivity index (χ1) is 9.08. The summed E-state index contributed by atoms with van der Waals surface area (Å²) in [6.07, 6.45) is 3.64. The minimum atomic E-state index is 0.308. The molecular formula is C13H24ClN5. The van der Waals surface area contributed by atoms with E-state index in [4.69, 9.17) is 17.3 Å². The highest BCUT2D eigenvalue weighted by Crippen LogP contribution is 2.24. The smallest absolute Gasteiger partial charge is 0.150 e. The summed E-state index contributed by atoms with van der Waals surface area (Å²) in [4.78, 5) is 10.4. The fourth-order valence-electron chi connectivity index (χ4n) is 1.95. The van der Waals surface area contributed by atoms with Gasteiger partial charge in [0.2, 0.25) is 0 Å². The maximum atomic E-state index is 6.05. The number of hydrogen-bond donors (Lipinski definition) is 2. The van der Waals surface area contributed by atoms with Crippen molar-refractivity contribution in [2.24, 2.45) is 0 Å². The predicted octanol–water partition coefficient (Wildman–Crippen LogP) is 2.63. The molecule has 0 saturated carbocycles. The topological polar surface area (TPSA) is 67.1 Å². The molecule has 0 saturated heterocycles. The Labute approximate surface area is 120 Å². The first-order valence-corrected chi connectivity index (χ1v) is 7.21. The summed E-state index contributed by atoms with van der Waals surface area (Å²) in [6.45, 7) is 9.83. The first kappa shape index (κ1) is 16.0. The van der Waals surface area contributed by atoms with Gasteiger partial charge in [-0.3, -0.25) is 0 Å². The van der Waals surface area contributed by atoms with Crippen molar-refractivity contribution in [1.29, 1.82) is 0 Å². The zero-order chi connectivity index (χ0) is 14.3. The fraction of sp³-hybridized carbons (Fsp3) is 0.692. The highest BCUT2D eigenvalue weighted by Gasteiger charge is 2.10. The molecule has 1 rings (SSSR count). The molecule has 0 aliphatic carbocycles. The molecule has 1 heterocycles. The molecule has 108 valence electrons. The Bertz CT molecular complexity index is 381. The van der Waals surface area contributed by atoms with Crippen molar-refractivity contribution in [3.8, 4) is 0 Å². The van der Waals surface area contributed by atoms with Crippen LogP contribution < -0.4 is 11.1 Å². The highest BCUT2D eigenvalue weighted by atomic mass is 35.5. The van der Waals surface area contributed by atoms with E-state index in [1.807, 2.05) is 0 Å². The third kappa shape index (κ3) is 5.20. The van der Waals surface area contributed by atoms with Gasteiger partial charge in [-0.25, -0.2) is 9.97 Å². The number of nitrogens with zero attached hydrogens (tertiary/aromatic N) is 3. The number of nitrogens with two attached hydrogens (primary N) is 1. The van der Waals surface area contributed by atoms with E-state index in [2.05, 4.69) is 41.0 Å². The number of nitrogen functional groups attached to an aromatic ring is 1. The van der Waals surface area contributed by atoms with Crippen molar-refractivity contribution in [3.05, 3.63) is 11.3 Å². The first-order valence-electron chi connectivity index (χ1n) is 6.83. The van der Waals surface area contributed by atoms with Gasteiger partial charge in [0.15, 0.2) is 5.82 Å². The lowest BCUT2D eigenvalue weighted by atomic mass is 10.1. The lowest BCUT2D eigenvalue weighted by molar-refractivity contribution is 0.295. The van der Waals surface area contributed by atoms with Gasteiger partial charge in [-0.1, -0.05) is 25.4 Å². The van der Waals surface area contributed by atoms with E-state index < -0.39 is 0 Å². The number of rotatable bonds is 8. The van der Waals surface area contributed by atoms with Crippen molar-refractivity contribution in [2.75, 3.05) is 30.7 Å². The molecule has 0 fully saturated rings. The Balaban J connectivity index is 2.39. The van der Waals surface area contributed by atoms with E-state index in [0.717, 1.165) is 32.5 Å². The molecule has 0 aliphatic heterocycles. The van der Waals surface area contributed by atoms with Crippen molar-refractivity contribution in [3.63, 3.8) is 0 Å². The summed E-state index contributed by atoms with van der Waals surface area (Å²) in [7, 11) is 0. The maximum absolute atomic E-state index is 6.05. The summed E-state index contributed by atoms with van der Waals surface area (Å²) in [5, 5.41) is 3.68. The van der Waals surface area contributed by atoms with Crippen molar-refractivity contribution in [2.45, 2.75) is 39.7 Å². The zero-order valence-electron chi connectivity index (χ0n) is 12.0. The van der Waals surface area contributed by atoms with Gasteiger partial charge < -0.3 is 16.0 Å². The molecule has 0 amide bonds. The molecular weight excluding hydrogens is 262 g/mol. The zero-order valence-corrected chi connectivity index (χ0v) is 12.7. The number of nitrogens with one attached hydrogen (secondary N) is 1. The molecule has 0 bridgehead atoms. The molecule has 1 unspecified atom stereocenters. The lowest BCUT2D eigenvalue weighted by Crippen LogP contribution is -2.25. The number of hydrogen-bond acceptors (Lipinski definition) is 5. The summed E-state index contributed by atoms with van der Waals surface area (Å²) in [5.41, 5.74) is 5.64. The average molecular weight is 286 g/mol. The summed E-state index contributed by atoms with van der Waals surface area (Å²) >= 11 is 6.05. The highest BCUT2D eigenvalue weighted by molar-refractivity contribution is 6.35. The maximum Gasteiger partial charge on any atom is 0.150 e. The van der Waals surface area contributed by atoms with Crippen LogP contribution in [0.25, 0.3) is 0 Å². The van der Waals surface area contributed by atoms with Crippen molar-refractivity contribution >= 4 is 23.2 Å². The Hall–Kier alpha value is -1.07. The normalized spacial score (nSPS) is 12.7. The predicted molar refractivity (Wildman–Crippen MR) is 81.6 cm³/mol. The van der Waals surface area contributed by atoms with Crippen molar-refractivity contribution in [1.82, 2.24) is 14.9 Å². The van der Waals surface area contributed by atoms with Crippen LogP contribution in [0.4, 0.5) is 11.6 Å². The molecule has 0 radical (unpaired) electrons. The average Bonchev–Trinajstić information content (AvgIpc) is 2.40. The quantitative estimate of drug-likeness (QED) is 0.768. The molecule has 6 heteroatoms. The molecule has 0 aromatic carbocycles. The van der Waals surface area contributed by atoms with Crippen LogP contribution in [-0.2, 0) is 0 Å². The lowest BCUT2D eigenvalue weighted by Gasteiger charge is -2.20. The van der Waals surface area contributed by atoms with E-state index in [1.54, 1.807) is 0 Å². The largest absolute Gasteiger partial charge is 0.382 e. The number of halogens is 1. The standard InChI is InChI=1S/C13H24ClN5/c1-4-19(5-2)8-6-7-10(3)18-13-11(14)12(15)16-9-17-13/h9-10H,4-8H2,1-3H3,(H3,15,16,17,18). The Morgan fingerprint density at radius 1 is 1.37 bits per heavy atom. The van der Waals surface area contributed by atoms with Crippen LogP contribution in [0.2, 0.25) is 5.02 Å². The third-order valence-corrected chi connectivity index (χ3v) is 3.58. The summed E-state index contributed by atoms with van der Waals surface area (Å²) < 4.78 is 0. The summed E-state index contributed by atoms with van der Waals surface area (Å²) in [5.74, 6) is 0.930. The van der Waals surface area contributed by atoms with Crippen LogP contribution >= 0.6 is 11.6 Å². The van der Waals surface area contributed by atoms with Gasteiger partial charge in [0.25, 0.3) is 0 Å². The van der Waals surface area contributed by atoms with Gasteiger partial charge in [-0.2, -0.15) is 0 Å². The van der Waals surface area contributed by atoms with E-state index >= 15 is 0 Å². The second-order valence-electron chi connectivity index (χ2n) is 4.64. The number of aromatic nitrogens is 2. The fourth-order valence-corrected chi connectivity index (χ4v) is 2.10. The summed E-state index contributed by atoms with van der Waals surface area (Å²) in [6, 6.07) is 0.308. The minimum Gasteiger partial charge on any atom is -0.382 e. The van der Waals surface area contributed by atoms with Gasteiger partial charge in [0, 0.05) is 6.04 Å². The van der Waals surface area contributed by atoms with Crippen LogP contribution in [-0.4, -0.2) is 40.5 Å². The monoisotopic (exact) mass is 285 g/mol. The number of anilines is 2. The van der Waals surface area contributed by atoms with Crippen LogP contribution in [0.15, 0.2) is 6.33 Å².